The van der Waals surface area contributed by atoms with Gasteiger partial charge in [0.05, 0.1) is 14.2 Å². The van der Waals surface area contributed by atoms with Crippen molar-refractivity contribution >= 4 is 0 Å². The van der Waals surface area contributed by atoms with Gasteiger partial charge < -0.3 is 9.47 Å². The molecule has 0 fully saturated rings. The van der Waals surface area contributed by atoms with Gasteiger partial charge in [-0.3, -0.25) is 0 Å². The second-order valence-electron chi connectivity index (χ2n) is 2.63. The van der Waals surface area contributed by atoms with Gasteiger partial charge in [-0.25, -0.2) is 4.39 Å². The summed E-state index contributed by atoms with van der Waals surface area (Å²) in [5.41, 5.74) is -0.122. The summed E-state index contributed by atoms with van der Waals surface area (Å²) in [6.45, 7) is 1.28. The van der Waals surface area contributed by atoms with Crippen LogP contribution in [0.3, 0.4) is 0 Å². The van der Waals surface area contributed by atoms with Crippen molar-refractivity contribution in [2.45, 2.75) is 6.92 Å². The number of hydrogen-bond acceptors (Lipinski definition) is 2. The summed E-state index contributed by atoms with van der Waals surface area (Å²) in [6.07, 6.45) is 0. The van der Waals surface area contributed by atoms with Crippen LogP contribution in [0, 0.1) is 24.4 Å². The Morgan fingerprint density at radius 3 is 1.64 bits per heavy atom. The fourth-order valence-corrected chi connectivity index (χ4v) is 1.15. The van der Waals surface area contributed by atoms with Gasteiger partial charge >= 0.3 is 0 Å². The maximum Gasteiger partial charge on any atom is 0.207 e. The van der Waals surface area contributed by atoms with E-state index in [2.05, 4.69) is 9.47 Å². The number of methoxy groups -OCH3 is 2. The minimum Gasteiger partial charge on any atom is -0.493 e. The number of hydrogen-bond donors (Lipinski definition) is 0. The monoisotopic (exact) mass is 206 g/mol. The average Bonchev–Trinajstić information content (AvgIpc) is 2.17. The SMILES string of the molecule is COc1c(C)c(F)c(OC)c(F)c1F. The second kappa shape index (κ2) is 3.77. The zero-order valence-corrected chi connectivity index (χ0v) is 7.95. The zero-order valence-electron chi connectivity index (χ0n) is 7.95. The van der Waals surface area contributed by atoms with Gasteiger partial charge in [-0.05, 0) is 6.92 Å². The normalized spacial score (nSPS) is 10.1. The van der Waals surface area contributed by atoms with Crippen molar-refractivity contribution in [2.75, 3.05) is 14.2 Å². The van der Waals surface area contributed by atoms with E-state index in [-0.39, 0.29) is 5.56 Å². The minimum atomic E-state index is -1.38. The molecule has 0 amide bonds. The minimum absolute atomic E-state index is 0.122. The number of ether oxygens (including phenoxy) is 2. The van der Waals surface area contributed by atoms with Crippen LogP contribution in [0.4, 0.5) is 13.2 Å². The molecule has 5 heteroatoms. The highest BCUT2D eigenvalue weighted by molar-refractivity contribution is 5.43. The van der Waals surface area contributed by atoms with Gasteiger partial charge in [0.2, 0.25) is 11.6 Å². The summed E-state index contributed by atoms with van der Waals surface area (Å²) < 4.78 is 48.4. The molecule has 78 valence electrons. The molecule has 0 spiro atoms. The Labute approximate surface area is 79.2 Å². The second-order valence-corrected chi connectivity index (χ2v) is 2.63. The van der Waals surface area contributed by atoms with Crippen LogP contribution in [0.2, 0.25) is 0 Å². The molecule has 0 atom stereocenters. The van der Waals surface area contributed by atoms with Crippen molar-refractivity contribution in [1.29, 1.82) is 0 Å². The Hall–Kier alpha value is -1.39. The van der Waals surface area contributed by atoms with Gasteiger partial charge in [-0.2, -0.15) is 8.78 Å². The lowest BCUT2D eigenvalue weighted by Crippen LogP contribution is -2.03. The fourth-order valence-electron chi connectivity index (χ4n) is 1.15. The first kappa shape index (κ1) is 10.7. The Balaban J connectivity index is 3.55. The van der Waals surface area contributed by atoms with Gasteiger partial charge in [0.25, 0.3) is 0 Å². The van der Waals surface area contributed by atoms with E-state index < -0.39 is 29.0 Å². The molecule has 14 heavy (non-hydrogen) atoms. The van der Waals surface area contributed by atoms with Crippen molar-refractivity contribution in [3.05, 3.63) is 23.0 Å². The number of halogens is 3. The van der Waals surface area contributed by atoms with E-state index >= 15 is 0 Å². The van der Waals surface area contributed by atoms with Crippen LogP contribution in [0.1, 0.15) is 5.56 Å². The lowest BCUT2D eigenvalue weighted by atomic mass is 10.2. The molecule has 0 bridgehead atoms. The first-order valence-electron chi connectivity index (χ1n) is 3.79. The predicted molar refractivity (Wildman–Crippen MR) is 44.2 cm³/mol. The fraction of sp³-hybridized carbons (Fsp3) is 0.333. The van der Waals surface area contributed by atoms with Crippen LogP contribution < -0.4 is 9.47 Å². The molecular formula is C9H9F3O2. The van der Waals surface area contributed by atoms with E-state index in [1.165, 1.54) is 6.92 Å². The van der Waals surface area contributed by atoms with Gasteiger partial charge in [-0.15, -0.1) is 0 Å². The third kappa shape index (κ3) is 1.38. The van der Waals surface area contributed by atoms with E-state index in [1.807, 2.05) is 0 Å². The van der Waals surface area contributed by atoms with Crippen molar-refractivity contribution in [3.8, 4) is 11.5 Å². The van der Waals surface area contributed by atoms with E-state index in [4.69, 9.17) is 0 Å². The van der Waals surface area contributed by atoms with Gasteiger partial charge in [0.15, 0.2) is 17.3 Å². The molecule has 1 aromatic rings. The third-order valence-corrected chi connectivity index (χ3v) is 1.87. The van der Waals surface area contributed by atoms with E-state index in [0.717, 1.165) is 14.2 Å². The lowest BCUT2D eigenvalue weighted by molar-refractivity contribution is 0.321. The summed E-state index contributed by atoms with van der Waals surface area (Å²) in [6, 6.07) is 0. The summed E-state index contributed by atoms with van der Waals surface area (Å²) >= 11 is 0. The molecule has 2 nitrogen and oxygen atoms in total. The third-order valence-electron chi connectivity index (χ3n) is 1.87. The van der Waals surface area contributed by atoms with Crippen molar-refractivity contribution in [2.24, 2.45) is 0 Å². The van der Waals surface area contributed by atoms with Crippen LogP contribution in [0.5, 0.6) is 11.5 Å². The van der Waals surface area contributed by atoms with Crippen molar-refractivity contribution < 1.29 is 22.6 Å². The highest BCUT2D eigenvalue weighted by Crippen LogP contribution is 2.34. The summed E-state index contributed by atoms with van der Waals surface area (Å²) in [5.74, 6) is -4.76. The first-order chi connectivity index (χ1) is 6.54. The van der Waals surface area contributed by atoms with Gasteiger partial charge in [0, 0.05) is 5.56 Å². The molecule has 0 N–H and O–H groups in total. The molecule has 0 aromatic heterocycles. The van der Waals surface area contributed by atoms with Crippen molar-refractivity contribution in [1.82, 2.24) is 0 Å². The molecule has 0 aliphatic carbocycles. The van der Waals surface area contributed by atoms with Gasteiger partial charge in [-0.1, -0.05) is 0 Å². The van der Waals surface area contributed by atoms with Crippen LogP contribution >= 0.6 is 0 Å². The smallest absolute Gasteiger partial charge is 0.207 e. The van der Waals surface area contributed by atoms with E-state index in [9.17, 15) is 13.2 Å². The van der Waals surface area contributed by atoms with Crippen LogP contribution in [-0.2, 0) is 0 Å². The molecule has 0 radical (unpaired) electrons. The predicted octanol–water partition coefficient (Wildman–Crippen LogP) is 2.43. The summed E-state index contributed by atoms with van der Waals surface area (Å²) in [7, 11) is 2.20. The zero-order chi connectivity index (χ0) is 10.9. The van der Waals surface area contributed by atoms with Crippen LogP contribution in [0.15, 0.2) is 0 Å². The average molecular weight is 206 g/mol. The number of rotatable bonds is 2. The van der Waals surface area contributed by atoms with Crippen LogP contribution in [-0.4, -0.2) is 14.2 Å². The Morgan fingerprint density at radius 2 is 1.21 bits per heavy atom. The Kier molecular flexibility index (Phi) is 2.88. The lowest BCUT2D eigenvalue weighted by Gasteiger charge is -2.11. The quantitative estimate of drug-likeness (QED) is 0.692. The summed E-state index contributed by atoms with van der Waals surface area (Å²) in [5, 5.41) is 0. The molecule has 0 unspecified atom stereocenters. The topological polar surface area (TPSA) is 18.5 Å². The molecule has 1 rings (SSSR count). The molecule has 0 aliphatic heterocycles. The molecular weight excluding hydrogens is 197 g/mol. The highest BCUT2D eigenvalue weighted by atomic mass is 19.2. The maximum atomic E-state index is 13.3. The van der Waals surface area contributed by atoms with E-state index in [1.54, 1.807) is 0 Å². The van der Waals surface area contributed by atoms with Gasteiger partial charge in [0.1, 0.15) is 0 Å². The van der Waals surface area contributed by atoms with E-state index in [0.29, 0.717) is 0 Å². The van der Waals surface area contributed by atoms with Crippen LogP contribution in [0.25, 0.3) is 0 Å². The molecule has 0 saturated heterocycles. The molecule has 1 aromatic carbocycles. The standard InChI is InChI=1S/C9H9F3O2/c1-4-5(10)9(14-3)7(12)6(11)8(4)13-2/h1-3H3. The largest absolute Gasteiger partial charge is 0.493 e. The first-order valence-corrected chi connectivity index (χ1v) is 3.79. The highest BCUT2D eigenvalue weighted by Gasteiger charge is 2.23. The molecule has 0 saturated carbocycles. The Morgan fingerprint density at radius 1 is 0.786 bits per heavy atom. The Bertz CT molecular complexity index is 300. The number of benzene rings is 1. The van der Waals surface area contributed by atoms with Crippen molar-refractivity contribution in [3.63, 3.8) is 0 Å². The molecule has 0 heterocycles. The maximum absolute atomic E-state index is 13.3. The summed E-state index contributed by atoms with van der Waals surface area (Å²) in [4.78, 5) is 0. The molecule has 0 aliphatic rings.